The third-order valence-electron chi connectivity index (χ3n) is 4.60. The van der Waals surface area contributed by atoms with Gasteiger partial charge in [0, 0.05) is 38.9 Å². The van der Waals surface area contributed by atoms with E-state index in [4.69, 9.17) is 16.3 Å². The number of rotatable bonds is 8. The van der Waals surface area contributed by atoms with Crippen molar-refractivity contribution in [3.05, 3.63) is 62.0 Å². The first-order valence-electron chi connectivity index (χ1n) is 8.92. The van der Waals surface area contributed by atoms with E-state index in [0.717, 1.165) is 34.4 Å². The number of aryl methyl sites for hydroxylation is 3. The molecular formula is C19H23ClN4O3. The Morgan fingerprint density at radius 1 is 1.07 bits per heavy atom. The second-order valence-electron chi connectivity index (χ2n) is 6.48. The number of aromatic nitrogens is 4. The molecule has 0 atom stereocenters. The molecule has 3 rings (SSSR count). The van der Waals surface area contributed by atoms with E-state index in [2.05, 4.69) is 4.98 Å². The number of imidazole rings is 1. The lowest BCUT2D eigenvalue weighted by Crippen LogP contribution is -2.37. The molecule has 0 aliphatic rings. The van der Waals surface area contributed by atoms with Crippen LogP contribution in [0.2, 0.25) is 5.02 Å². The Morgan fingerprint density at radius 3 is 2.59 bits per heavy atom. The molecule has 0 saturated heterocycles. The van der Waals surface area contributed by atoms with E-state index in [1.807, 2.05) is 24.3 Å². The zero-order chi connectivity index (χ0) is 19.4. The lowest BCUT2D eigenvalue weighted by atomic mass is 10.1. The van der Waals surface area contributed by atoms with Crippen LogP contribution in [-0.4, -0.2) is 31.9 Å². The van der Waals surface area contributed by atoms with E-state index >= 15 is 0 Å². The number of fused-ring (bicyclic) bond motifs is 1. The maximum atomic E-state index is 12.4. The molecule has 0 N–H and O–H groups in total. The van der Waals surface area contributed by atoms with Gasteiger partial charge in [0.05, 0.1) is 6.33 Å². The topological polar surface area (TPSA) is 71.0 Å². The maximum Gasteiger partial charge on any atom is 0.332 e. The lowest BCUT2D eigenvalue weighted by Gasteiger charge is -2.08. The van der Waals surface area contributed by atoms with Crippen LogP contribution in [0.1, 0.15) is 18.4 Å². The minimum atomic E-state index is -0.375. The molecule has 0 radical (unpaired) electrons. The summed E-state index contributed by atoms with van der Waals surface area (Å²) in [5.41, 5.74) is 1.28. The summed E-state index contributed by atoms with van der Waals surface area (Å²) in [6, 6.07) is 7.83. The molecule has 0 amide bonds. The van der Waals surface area contributed by atoms with Crippen LogP contribution in [0, 0.1) is 0 Å². The highest BCUT2D eigenvalue weighted by atomic mass is 35.5. The van der Waals surface area contributed by atoms with Gasteiger partial charge < -0.3 is 9.30 Å². The second kappa shape index (κ2) is 8.54. The standard InChI is InChI=1S/C19H23ClN4O3/c1-22-17-16(18(25)23(2)19(22)26)24(13-21-17)10-6-12-27-11-5-8-14-7-3-4-9-15(14)20/h3-4,7,9,13H,5-6,8,10-12H2,1-2H3. The largest absolute Gasteiger partial charge is 0.381 e. The Labute approximate surface area is 161 Å². The molecule has 1 aromatic carbocycles. The van der Waals surface area contributed by atoms with Gasteiger partial charge in [-0.05, 0) is 30.9 Å². The summed E-state index contributed by atoms with van der Waals surface area (Å²) in [5.74, 6) is 0. The summed E-state index contributed by atoms with van der Waals surface area (Å²) in [7, 11) is 3.09. The van der Waals surface area contributed by atoms with Gasteiger partial charge in [-0.3, -0.25) is 13.9 Å². The van der Waals surface area contributed by atoms with Crippen LogP contribution in [0.4, 0.5) is 0 Å². The Hall–Kier alpha value is -2.38. The molecule has 0 fully saturated rings. The molecule has 3 aromatic rings. The van der Waals surface area contributed by atoms with Crippen LogP contribution in [0.3, 0.4) is 0 Å². The summed E-state index contributed by atoms with van der Waals surface area (Å²) < 4.78 is 9.96. The van der Waals surface area contributed by atoms with Crippen LogP contribution >= 0.6 is 11.6 Å². The fraction of sp³-hybridized carbons (Fsp3) is 0.421. The van der Waals surface area contributed by atoms with Gasteiger partial charge in [0.25, 0.3) is 5.56 Å². The van der Waals surface area contributed by atoms with E-state index < -0.39 is 0 Å². The quantitative estimate of drug-likeness (QED) is 0.552. The molecule has 27 heavy (non-hydrogen) atoms. The highest BCUT2D eigenvalue weighted by Crippen LogP contribution is 2.16. The molecule has 7 nitrogen and oxygen atoms in total. The number of hydrogen-bond acceptors (Lipinski definition) is 4. The van der Waals surface area contributed by atoms with Gasteiger partial charge in [-0.1, -0.05) is 29.8 Å². The molecule has 0 aliphatic carbocycles. The monoisotopic (exact) mass is 390 g/mol. The minimum Gasteiger partial charge on any atom is -0.381 e. The highest BCUT2D eigenvalue weighted by Gasteiger charge is 2.13. The molecule has 8 heteroatoms. The number of ether oxygens (including phenoxy) is 1. The Bertz CT molecular complexity index is 1050. The highest BCUT2D eigenvalue weighted by molar-refractivity contribution is 6.31. The molecule has 2 heterocycles. The summed E-state index contributed by atoms with van der Waals surface area (Å²) in [4.78, 5) is 28.5. The maximum absolute atomic E-state index is 12.4. The summed E-state index contributed by atoms with van der Waals surface area (Å²) in [5, 5.41) is 0.792. The zero-order valence-electron chi connectivity index (χ0n) is 15.5. The van der Waals surface area contributed by atoms with Crippen molar-refractivity contribution in [1.29, 1.82) is 0 Å². The molecule has 0 spiro atoms. The van der Waals surface area contributed by atoms with Crippen molar-refractivity contribution in [1.82, 2.24) is 18.7 Å². The van der Waals surface area contributed by atoms with Gasteiger partial charge in [-0.15, -0.1) is 0 Å². The van der Waals surface area contributed by atoms with Gasteiger partial charge >= 0.3 is 5.69 Å². The average molecular weight is 391 g/mol. The summed E-state index contributed by atoms with van der Waals surface area (Å²) in [6.45, 7) is 1.86. The van der Waals surface area contributed by atoms with E-state index in [0.29, 0.717) is 30.9 Å². The summed E-state index contributed by atoms with van der Waals surface area (Å²) in [6.07, 6.45) is 4.14. The van der Waals surface area contributed by atoms with Crippen molar-refractivity contribution in [3.8, 4) is 0 Å². The molecular weight excluding hydrogens is 368 g/mol. The van der Waals surface area contributed by atoms with Crippen molar-refractivity contribution in [2.24, 2.45) is 14.1 Å². The number of benzene rings is 1. The molecule has 0 bridgehead atoms. The van der Waals surface area contributed by atoms with Crippen molar-refractivity contribution in [3.63, 3.8) is 0 Å². The van der Waals surface area contributed by atoms with E-state index in [9.17, 15) is 9.59 Å². The van der Waals surface area contributed by atoms with Crippen LogP contribution in [0.15, 0.2) is 40.2 Å². The minimum absolute atomic E-state index is 0.328. The Morgan fingerprint density at radius 2 is 1.81 bits per heavy atom. The van der Waals surface area contributed by atoms with Crippen LogP contribution in [-0.2, 0) is 31.8 Å². The van der Waals surface area contributed by atoms with Crippen molar-refractivity contribution in [2.45, 2.75) is 25.8 Å². The van der Waals surface area contributed by atoms with Crippen LogP contribution in [0.25, 0.3) is 11.2 Å². The molecule has 2 aromatic heterocycles. The normalized spacial score (nSPS) is 11.4. The van der Waals surface area contributed by atoms with Crippen molar-refractivity contribution >= 4 is 22.8 Å². The van der Waals surface area contributed by atoms with Crippen LogP contribution in [0.5, 0.6) is 0 Å². The summed E-state index contributed by atoms with van der Waals surface area (Å²) >= 11 is 6.14. The first kappa shape index (κ1) is 19.4. The molecule has 0 unspecified atom stereocenters. The fourth-order valence-corrected chi connectivity index (χ4v) is 3.30. The van der Waals surface area contributed by atoms with Gasteiger partial charge in [0.15, 0.2) is 11.2 Å². The second-order valence-corrected chi connectivity index (χ2v) is 6.88. The number of nitrogens with zero attached hydrogens (tertiary/aromatic N) is 4. The Balaban J connectivity index is 1.49. The average Bonchev–Trinajstić information content (AvgIpc) is 3.09. The smallest absolute Gasteiger partial charge is 0.332 e. The third kappa shape index (κ3) is 4.14. The van der Waals surface area contributed by atoms with Gasteiger partial charge in [0.1, 0.15) is 0 Å². The Kier molecular flexibility index (Phi) is 6.13. The van der Waals surface area contributed by atoms with E-state index in [-0.39, 0.29) is 11.2 Å². The van der Waals surface area contributed by atoms with Gasteiger partial charge in [-0.2, -0.15) is 0 Å². The molecule has 0 saturated carbocycles. The molecule has 0 aliphatic heterocycles. The molecule has 144 valence electrons. The third-order valence-corrected chi connectivity index (χ3v) is 4.97. The van der Waals surface area contributed by atoms with Gasteiger partial charge in [-0.25, -0.2) is 9.78 Å². The van der Waals surface area contributed by atoms with Crippen molar-refractivity contribution in [2.75, 3.05) is 13.2 Å². The lowest BCUT2D eigenvalue weighted by molar-refractivity contribution is 0.127. The van der Waals surface area contributed by atoms with Gasteiger partial charge in [0.2, 0.25) is 0 Å². The fourth-order valence-electron chi connectivity index (χ4n) is 3.07. The van der Waals surface area contributed by atoms with Crippen molar-refractivity contribution < 1.29 is 4.74 Å². The predicted molar refractivity (Wildman–Crippen MR) is 105 cm³/mol. The number of hydrogen-bond donors (Lipinski definition) is 0. The van der Waals surface area contributed by atoms with Crippen LogP contribution < -0.4 is 11.2 Å². The first-order chi connectivity index (χ1) is 13.0. The number of halogens is 1. The zero-order valence-corrected chi connectivity index (χ0v) is 16.3. The first-order valence-corrected chi connectivity index (χ1v) is 9.30. The SMILES string of the molecule is Cn1c(=O)c2c(ncn2CCCOCCCc2ccccc2Cl)n(C)c1=O. The van der Waals surface area contributed by atoms with E-state index in [1.54, 1.807) is 17.9 Å². The predicted octanol–water partition coefficient (Wildman–Crippen LogP) is 2.13. The van der Waals surface area contributed by atoms with E-state index in [1.165, 1.54) is 11.6 Å².